The summed E-state index contributed by atoms with van der Waals surface area (Å²) in [6, 6.07) is 11.4. The molecule has 1 aromatic carbocycles. The number of pyridine rings is 1. The molecule has 7 heteroatoms. The average Bonchev–Trinajstić information content (AvgIpc) is 2.89. The first-order valence-electron chi connectivity index (χ1n) is 6.37. The third-order valence-corrected chi connectivity index (χ3v) is 3.08. The summed E-state index contributed by atoms with van der Waals surface area (Å²) in [5, 5.41) is 13.0. The van der Waals surface area contributed by atoms with E-state index in [-0.39, 0.29) is 5.56 Å². The van der Waals surface area contributed by atoms with Crippen molar-refractivity contribution in [3.8, 4) is 17.5 Å². The van der Waals surface area contributed by atoms with Crippen LogP contribution in [-0.4, -0.2) is 20.8 Å². The van der Waals surface area contributed by atoms with Crippen molar-refractivity contribution < 1.29 is 13.2 Å². The quantitative estimate of drug-likeness (QED) is 0.729. The van der Waals surface area contributed by atoms with Gasteiger partial charge in [0.25, 0.3) is 0 Å². The van der Waals surface area contributed by atoms with Crippen molar-refractivity contribution >= 4 is 5.65 Å². The second-order valence-corrected chi connectivity index (χ2v) is 4.75. The third-order valence-electron chi connectivity index (χ3n) is 3.08. The van der Waals surface area contributed by atoms with Crippen molar-refractivity contribution in [2.24, 2.45) is 0 Å². The minimum atomic E-state index is -4.26. The molecule has 0 amide bonds. The molecule has 2 heterocycles. The molecule has 22 heavy (non-hydrogen) atoms. The summed E-state index contributed by atoms with van der Waals surface area (Å²) >= 11 is 0. The zero-order chi connectivity index (χ0) is 15.7. The summed E-state index contributed by atoms with van der Waals surface area (Å²) in [6.45, 7) is 0. The maximum absolute atomic E-state index is 12.4. The Bertz CT molecular complexity index is 857. The molecule has 0 aliphatic carbocycles. The Morgan fingerprint density at radius 3 is 2.50 bits per heavy atom. The highest BCUT2D eigenvalue weighted by Gasteiger charge is 2.27. The third kappa shape index (κ3) is 2.91. The van der Waals surface area contributed by atoms with Crippen LogP contribution in [0.5, 0.6) is 0 Å². The molecule has 4 nitrogen and oxygen atoms in total. The van der Waals surface area contributed by atoms with Crippen molar-refractivity contribution in [2.75, 3.05) is 0 Å². The molecule has 0 aliphatic rings. The van der Waals surface area contributed by atoms with Gasteiger partial charge in [-0.05, 0) is 42.0 Å². The molecule has 0 atom stereocenters. The van der Waals surface area contributed by atoms with Gasteiger partial charge < -0.3 is 0 Å². The zero-order valence-electron chi connectivity index (χ0n) is 11.2. The van der Waals surface area contributed by atoms with Crippen LogP contribution in [0.1, 0.15) is 11.1 Å². The number of fused-ring (bicyclic) bond motifs is 1. The maximum Gasteiger partial charge on any atom is 0.393 e. The number of hydrogen-bond acceptors (Lipinski definition) is 3. The van der Waals surface area contributed by atoms with Crippen LogP contribution < -0.4 is 0 Å². The molecule has 0 unspecified atom stereocenters. The number of aromatic nitrogens is 3. The second kappa shape index (κ2) is 5.15. The zero-order valence-corrected chi connectivity index (χ0v) is 11.2. The van der Waals surface area contributed by atoms with Crippen molar-refractivity contribution in [1.82, 2.24) is 14.6 Å². The number of benzene rings is 1. The van der Waals surface area contributed by atoms with E-state index >= 15 is 0 Å². The predicted molar refractivity (Wildman–Crippen MR) is 72.9 cm³/mol. The summed E-state index contributed by atoms with van der Waals surface area (Å²) in [5.41, 5.74) is 1.69. The lowest BCUT2D eigenvalue weighted by Crippen LogP contribution is -2.11. The second-order valence-electron chi connectivity index (χ2n) is 4.75. The lowest BCUT2D eigenvalue weighted by Gasteiger charge is -2.05. The summed E-state index contributed by atoms with van der Waals surface area (Å²) in [4.78, 5) is 4.23. The minimum Gasteiger partial charge on any atom is -0.221 e. The fourth-order valence-electron chi connectivity index (χ4n) is 2.08. The van der Waals surface area contributed by atoms with Crippen LogP contribution in [0, 0.1) is 11.3 Å². The summed E-state index contributed by atoms with van der Waals surface area (Å²) < 4.78 is 38.7. The Balaban J connectivity index is 1.97. The normalized spacial score (nSPS) is 11.5. The summed E-state index contributed by atoms with van der Waals surface area (Å²) in [6.07, 6.45) is -3.80. The molecule has 3 rings (SSSR count). The van der Waals surface area contributed by atoms with Gasteiger partial charge in [-0.1, -0.05) is 0 Å². The Hall–Kier alpha value is -2.88. The standard InChI is InChI=1S/C15H9F3N4/c16-15(17,18)8-11-5-6-22-13(7-11)20-14(21-22)12-3-1-10(9-19)2-4-12/h1-7H,8H2. The maximum atomic E-state index is 12.4. The summed E-state index contributed by atoms with van der Waals surface area (Å²) in [7, 11) is 0. The van der Waals surface area contributed by atoms with Crippen molar-refractivity contribution in [3.05, 3.63) is 53.7 Å². The molecule has 2 aromatic heterocycles. The lowest BCUT2D eigenvalue weighted by atomic mass is 10.1. The average molecular weight is 302 g/mol. The van der Waals surface area contributed by atoms with Crippen LogP contribution >= 0.6 is 0 Å². The SMILES string of the molecule is N#Cc1ccc(-c2nc3cc(CC(F)(F)F)ccn3n2)cc1. The van der Waals surface area contributed by atoms with E-state index in [1.54, 1.807) is 24.3 Å². The monoisotopic (exact) mass is 302 g/mol. The Morgan fingerprint density at radius 1 is 1.14 bits per heavy atom. The van der Waals surface area contributed by atoms with E-state index in [1.807, 2.05) is 6.07 Å². The minimum absolute atomic E-state index is 0.138. The van der Waals surface area contributed by atoms with E-state index in [9.17, 15) is 13.2 Å². The number of nitriles is 1. The van der Waals surface area contributed by atoms with Gasteiger partial charge in [0.1, 0.15) is 0 Å². The molecule has 0 spiro atoms. The largest absolute Gasteiger partial charge is 0.393 e. The molecule has 3 aromatic rings. The highest BCUT2D eigenvalue weighted by atomic mass is 19.4. The van der Waals surface area contributed by atoms with E-state index in [2.05, 4.69) is 10.1 Å². The molecule has 0 radical (unpaired) electrons. The van der Waals surface area contributed by atoms with Gasteiger partial charge in [0, 0.05) is 11.8 Å². The van der Waals surface area contributed by atoms with Gasteiger partial charge in [-0.3, -0.25) is 0 Å². The first kappa shape index (κ1) is 14.1. The number of hydrogen-bond donors (Lipinski definition) is 0. The number of nitrogens with zero attached hydrogens (tertiary/aromatic N) is 4. The Labute approximate surface area is 123 Å². The van der Waals surface area contributed by atoms with Crippen LogP contribution in [0.15, 0.2) is 42.6 Å². The Morgan fingerprint density at radius 2 is 1.86 bits per heavy atom. The van der Waals surface area contributed by atoms with E-state index < -0.39 is 12.6 Å². The first-order chi connectivity index (χ1) is 10.4. The smallest absolute Gasteiger partial charge is 0.221 e. The molecule has 0 fully saturated rings. The molecule has 0 saturated carbocycles. The van der Waals surface area contributed by atoms with Crippen molar-refractivity contribution in [3.63, 3.8) is 0 Å². The molecule has 0 aliphatic heterocycles. The van der Waals surface area contributed by atoms with Gasteiger partial charge in [0.05, 0.1) is 18.1 Å². The van der Waals surface area contributed by atoms with Gasteiger partial charge in [0.15, 0.2) is 11.5 Å². The van der Waals surface area contributed by atoms with E-state index in [0.717, 1.165) is 0 Å². The highest BCUT2D eigenvalue weighted by Crippen LogP contribution is 2.22. The molecular formula is C15H9F3N4. The first-order valence-corrected chi connectivity index (χ1v) is 6.37. The van der Waals surface area contributed by atoms with E-state index in [4.69, 9.17) is 5.26 Å². The van der Waals surface area contributed by atoms with E-state index in [0.29, 0.717) is 22.6 Å². The fraction of sp³-hybridized carbons (Fsp3) is 0.133. The van der Waals surface area contributed by atoms with Gasteiger partial charge in [-0.15, -0.1) is 5.10 Å². The van der Waals surface area contributed by atoms with Crippen LogP contribution in [0.4, 0.5) is 13.2 Å². The number of halogens is 3. The van der Waals surface area contributed by atoms with Crippen LogP contribution in [0.3, 0.4) is 0 Å². The predicted octanol–water partition coefficient (Wildman–Crippen LogP) is 3.37. The van der Waals surface area contributed by atoms with Crippen LogP contribution in [-0.2, 0) is 6.42 Å². The van der Waals surface area contributed by atoms with Gasteiger partial charge in [-0.2, -0.15) is 18.4 Å². The summed E-state index contributed by atoms with van der Waals surface area (Å²) in [5.74, 6) is 0.397. The molecule has 0 saturated heterocycles. The van der Waals surface area contributed by atoms with Crippen molar-refractivity contribution in [2.45, 2.75) is 12.6 Å². The number of rotatable bonds is 2. The van der Waals surface area contributed by atoms with Crippen LogP contribution in [0.25, 0.3) is 17.0 Å². The highest BCUT2D eigenvalue weighted by molar-refractivity contribution is 5.59. The van der Waals surface area contributed by atoms with Gasteiger partial charge in [-0.25, -0.2) is 9.50 Å². The van der Waals surface area contributed by atoms with Crippen LogP contribution in [0.2, 0.25) is 0 Å². The van der Waals surface area contributed by atoms with E-state index in [1.165, 1.54) is 22.8 Å². The topological polar surface area (TPSA) is 54.0 Å². The van der Waals surface area contributed by atoms with Crippen molar-refractivity contribution in [1.29, 1.82) is 5.26 Å². The fourth-order valence-corrected chi connectivity index (χ4v) is 2.08. The molecule has 0 N–H and O–H groups in total. The number of alkyl halides is 3. The molecule has 0 bridgehead atoms. The van der Waals surface area contributed by atoms with Gasteiger partial charge >= 0.3 is 6.18 Å². The van der Waals surface area contributed by atoms with Gasteiger partial charge in [0.2, 0.25) is 0 Å². The molecule has 110 valence electrons. The Kier molecular flexibility index (Phi) is 3.29. The molecular weight excluding hydrogens is 293 g/mol. The lowest BCUT2D eigenvalue weighted by molar-refractivity contribution is -0.127.